The summed E-state index contributed by atoms with van der Waals surface area (Å²) in [7, 11) is -1.34. The number of sulfone groups is 1. The van der Waals surface area contributed by atoms with Gasteiger partial charge in [0.25, 0.3) is 0 Å². The summed E-state index contributed by atoms with van der Waals surface area (Å²) in [6.07, 6.45) is 0.728. The van der Waals surface area contributed by atoms with Crippen LogP contribution in [-0.4, -0.2) is 51.4 Å². The van der Waals surface area contributed by atoms with Crippen molar-refractivity contribution in [1.29, 1.82) is 0 Å². The molecule has 3 N–H and O–H groups in total. The Kier molecular flexibility index (Phi) is 9.66. The first-order valence-electron chi connectivity index (χ1n) is 8.07. The van der Waals surface area contributed by atoms with Crippen LogP contribution in [0, 0.1) is 0 Å². The van der Waals surface area contributed by atoms with E-state index in [1.165, 1.54) is 0 Å². The molecule has 0 aliphatic carbocycles. The predicted octanol–water partition coefficient (Wildman–Crippen LogP) is 1.32. The van der Waals surface area contributed by atoms with Crippen LogP contribution in [0.1, 0.15) is 18.4 Å². The Balaban J connectivity index is 0.00000338. The second-order valence-corrected chi connectivity index (χ2v) is 8.50. The minimum atomic E-state index is -2.99. The highest BCUT2D eigenvalue weighted by molar-refractivity contribution is 14.0. The number of halogens is 2. The normalized spacial score (nSPS) is 18.7. The molecule has 146 valence electrons. The van der Waals surface area contributed by atoms with Gasteiger partial charge in [-0.2, -0.15) is 0 Å². The fraction of sp³-hybridized carbons (Fsp3) is 0.500. The van der Waals surface area contributed by atoms with Gasteiger partial charge >= 0.3 is 0 Å². The summed E-state index contributed by atoms with van der Waals surface area (Å²) in [5.41, 5.74) is 0.951. The van der Waals surface area contributed by atoms with Crippen molar-refractivity contribution >= 4 is 57.3 Å². The van der Waals surface area contributed by atoms with E-state index in [-0.39, 0.29) is 53.9 Å². The Hall–Kier alpha value is -1.07. The van der Waals surface area contributed by atoms with Gasteiger partial charge in [-0.3, -0.25) is 9.79 Å². The fourth-order valence-corrected chi connectivity index (χ4v) is 4.42. The maximum Gasteiger partial charge on any atom is 0.222 e. The topological polar surface area (TPSA) is 99.7 Å². The zero-order valence-corrected chi connectivity index (χ0v) is 18.4. The van der Waals surface area contributed by atoms with Crippen molar-refractivity contribution in [2.75, 3.05) is 25.1 Å². The highest BCUT2D eigenvalue weighted by Crippen LogP contribution is 2.14. The van der Waals surface area contributed by atoms with Gasteiger partial charge < -0.3 is 16.0 Å². The van der Waals surface area contributed by atoms with E-state index in [4.69, 9.17) is 11.6 Å². The second-order valence-electron chi connectivity index (χ2n) is 5.86. The first-order valence-corrected chi connectivity index (χ1v) is 10.3. The monoisotopic (exact) mass is 514 g/mol. The predicted molar refractivity (Wildman–Crippen MR) is 115 cm³/mol. The molecule has 26 heavy (non-hydrogen) atoms. The molecule has 0 radical (unpaired) electrons. The van der Waals surface area contributed by atoms with Crippen LogP contribution in [0.4, 0.5) is 0 Å². The van der Waals surface area contributed by atoms with Crippen LogP contribution in [0.25, 0.3) is 0 Å². The number of hydrogen-bond acceptors (Lipinski definition) is 4. The van der Waals surface area contributed by atoms with Crippen molar-refractivity contribution in [2.45, 2.75) is 25.4 Å². The van der Waals surface area contributed by atoms with Crippen LogP contribution < -0.4 is 16.0 Å². The third-order valence-corrected chi connectivity index (χ3v) is 6.01. The smallest absolute Gasteiger partial charge is 0.222 e. The van der Waals surface area contributed by atoms with Gasteiger partial charge in [-0.05, 0) is 18.1 Å². The van der Waals surface area contributed by atoms with E-state index in [1.807, 2.05) is 24.3 Å². The standard InChI is InChI=1S/C16H23ClN4O3S.HI/c1-18-16(20-10-12-4-2-3-5-14(12)17)19-8-6-15(22)21-13-7-9-25(23,24)11-13;/h2-5,13H,6-11H2,1H3,(H,21,22)(H2,18,19,20);1H. The van der Waals surface area contributed by atoms with E-state index < -0.39 is 9.84 Å². The maximum atomic E-state index is 11.9. The maximum absolute atomic E-state index is 11.9. The summed E-state index contributed by atoms with van der Waals surface area (Å²) >= 11 is 6.10. The quantitative estimate of drug-likeness (QED) is 0.302. The van der Waals surface area contributed by atoms with Crippen molar-refractivity contribution < 1.29 is 13.2 Å². The number of nitrogens with one attached hydrogen (secondary N) is 3. The Morgan fingerprint density at radius 3 is 2.65 bits per heavy atom. The summed E-state index contributed by atoms with van der Waals surface area (Å²) in [5, 5.41) is 9.61. The average molecular weight is 515 g/mol. The molecule has 1 heterocycles. The number of rotatable bonds is 6. The summed E-state index contributed by atoms with van der Waals surface area (Å²) in [6.45, 7) is 0.916. The average Bonchev–Trinajstić information content (AvgIpc) is 2.90. The molecule has 2 rings (SSSR count). The molecule has 1 unspecified atom stereocenters. The molecule has 10 heteroatoms. The molecule has 1 amide bonds. The van der Waals surface area contributed by atoms with Crippen molar-refractivity contribution in [1.82, 2.24) is 16.0 Å². The summed E-state index contributed by atoms with van der Waals surface area (Å²) < 4.78 is 22.8. The molecular formula is C16H24ClIN4O3S. The number of hydrogen-bond donors (Lipinski definition) is 3. The van der Waals surface area contributed by atoms with Gasteiger partial charge in [0.2, 0.25) is 5.91 Å². The molecular weight excluding hydrogens is 491 g/mol. The Labute approximate surface area is 176 Å². The van der Waals surface area contributed by atoms with Gasteiger partial charge in [-0.25, -0.2) is 8.42 Å². The zero-order chi connectivity index (χ0) is 18.3. The summed E-state index contributed by atoms with van der Waals surface area (Å²) in [6, 6.07) is 7.25. The van der Waals surface area contributed by atoms with Crippen molar-refractivity contribution in [3.05, 3.63) is 34.9 Å². The molecule has 1 atom stereocenters. The van der Waals surface area contributed by atoms with Crippen LogP contribution in [-0.2, 0) is 21.2 Å². The molecule has 1 fully saturated rings. The van der Waals surface area contributed by atoms with Gasteiger partial charge in [0, 0.05) is 37.6 Å². The molecule has 1 saturated heterocycles. The van der Waals surface area contributed by atoms with Gasteiger partial charge in [0.15, 0.2) is 15.8 Å². The van der Waals surface area contributed by atoms with E-state index in [1.54, 1.807) is 7.05 Å². The van der Waals surface area contributed by atoms with Crippen molar-refractivity contribution in [2.24, 2.45) is 4.99 Å². The lowest BCUT2D eigenvalue weighted by molar-refractivity contribution is -0.121. The molecule has 0 bridgehead atoms. The number of guanidine groups is 1. The third kappa shape index (κ3) is 7.67. The second kappa shape index (κ2) is 10.9. The Morgan fingerprint density at radius 2 is 2.04 bits per heavy atom. The SMILES string of the molecule is CN=C(NCCC(=O)NC1CCS(=O)(=O)C1)NCc1ccccc1Cl.I. The first kappa shape index (κ1) is 23.0. The fourth-order valence-electron chi connectivity index (χ4n) is 2.54. The highest BCUT2D eigenvalue weighted by Gasteiger charge is 2.28. The number of nitrogens with zero attached hydrogens (tertiary/aromatic N) is 1. The van der Waals surface area contributed by atoms with Crippen molar-refractivity contribution in [3.8, 4) is 0 Å². The lowest BCUT2D eigenvalue weighted by Crippen LogP contribution is -2.41. The number of aliphatic imine (C=N–C) groups is 1. The molecule has 1 aromatic carbocycles. The Bertz CT molecular complexity index is 743. The van der Waals surface area contributed by atoms with Crippen LogP contribution in [0.5, 0.6) is 0 Å². The van der Waals surface area contributed by atoms with Gasteiger partial charge in [-0.1, -0.05) is 29.8 Å². The molecule has 1 aromatic rings. The van der Waals surface area contributed by atoms with E-state index in [0.717, 1.165) is 5.56 Å². The van der Waals surface area contributed by atoms with Gasteiger partial charge in [0.05, 0.1) is 11.5 Å². The van der Waals surface area contributed by atoms with Crippen LogP contribution in [0.2, 0.25) is 5.02 Å². The zero-order valence-electron chi connectivity index (χ0n) is 14.5. The van der Waals surface area contributed by atoms with E-state index in [2.05, 4.69) is 20.9 Å². The van der Waals surface area contributed by atoms with E-state index in [0.29, 0.717) is 30.5 Å². The minimum Gasteiger partial charge on any atom is -0.356 e. The summed E-state index contributed by atoms with van der Waals surface area (Å²) in [5.74, 6) is 0.578. The highest BCUT2D eigenvalue weighted by atomic mass is 127. The van der Waals surface area contributed by atoms with E-state index in [9.17, 15) is 13.2 Å². The largest absolute Gasteiger partial charge is 0.356 e. The number of carbonyl (C=O) groups is 1. The van der Waals surface area contributed by atoms with Gasteiger partial charge in [0.1, 0.15) is 0 Å². The molecule has 0 spiro atoms. The molecule has 0 aromatic heterocycles. The summed E-state index contributed by atoms with van der Waals surface area (Å²) in [4.78, 5) is 16.0. The first-order chi connectivity index (χ1) is 11.9. The Morgan fingerprint density at radius 1 is 1.31 bits per heavy atom. The molecule has 7 nitrogen and oxygen atoms in total. The molecule has 0 saturated carbocycles. The van der Waals surface area contributed by atoms with Crippen LogP contribution in [0.3, 0.4) is 0 Å². The molecule has 1 aliphatic heterocycles. The lowest BCUT2D eigenvalue weighted by Gasteiger charge is -2.14. The van der Waals surface area contributed by atoms with Crippen molar-refractivity contribution in [3.63, 3.8) is 0 Å². The number of amides is 1. The number of carbonyl (C=O) groups excluding carboxylic acids is 1. The van der Waals surface area contributed by atoms with Crippen LogP contribution in [0.15, 0.2) is 29.3 Å². The van der Waals surface area contributed by atoms with Gasteiger partial charge in [-0.15, -0.1) is 24.0 Å². The lowest BCUT2D eigenvalue weighted by atomic mass is 10.2. The molecule has 1 aliphatic rings. The third-order valence-electron chi connectivity index (χ3n) is 3.87. The van der Waals surface area contributed by atoms with E-state index >= 15 is 0 Å². The minimum absolute atomic E-state index is 0. The number of benzene rings is 1. The van der Waals surface area contributed by atoms with Crippen LogP contribution >= 0.6 is 35.6 Å².